The van der Waals surface area contributed by atoms with Gasteiger partial charge in [-0.2, -0.15) is 5.10 Å². The van der Waals surface area contributed by atoms with Gasteiger partial charge in [-0.25, -0.2) is 18.9 Å². The lowest BCUT2D eigenvalue weighted by Gasteiger charge is -2.15. The van der Waals surface area contributed by atoms with Gasteiger partial charge in [0, 0.05) is 19.3 Å². The molecule has 1 aromatic heterocycles. The van der Waals surface area contributed by atoms with E-state index in [1.165, 1.54) is 25.5 Å². The molecule has 1 atom stereocenters. The quantitative estimate of drug-likeness (QED) is 0.744. The molecule has 0 bridgehead atoms. The average Bonchev–Trinajstić information content (AvgIpc) is 3.04. The Morgan fingerprint density at radius 3 is 2.80 bits per heavy atom. The lowest BCUT2D eigenvalue weighted by atomic mass is 10.1. The topological polar surface area (TPSA) is 101 Å². The number of carbonyl (C=O) groups is 2. The molecule has 134 valence electrons. The van der Waals surface area contributed by atoms with E-state index in [4.69, 9.17) is 0 Å². The second-order valence-electron chi connectivity index (χ2n) is 5.44. The maximum Gasteiger partial charge on any atom is 0.319 e. The Balaban J connectivity index is 2.05. The van der Waals surface area contributed by atoms with E-state index in [0.29, 0.717) is 18.1 Å². The first-order valence-corrected chi connectivity index (χ1v) is 7.93. The third kappa shape index (κ3) is 4.52. The molecule has 0 aliphatic heterocycles. The van der Waals surface area contributed by atoms with Gasteiger partial charge >= 0.3 is 6.03 Å². The number of aromatic nitrogens is 3. The van der Waals surface area contributed by atoms with Crippen LogP contribution in [0.25, 0.3) is 0 Å². The Morgan fingerprint density at radius 1 is 1.36 bits per heavy atom. The number of aryl methyl sites for hydroxylation is 1. The highest BCUT2D eigenvalue weighted by molar-refractivity contribution is 5.97. The van der Waals surface area contributed by atoms with E-state index in [9.17, 15) is 14.0 Å². The molecule has 0 saturated heterocycles. The summed E-state index contributed by atoms with van der Waals surface area (Å²) >= 11 is 0. The molecule has 9 heteroatoms. The second kappa shape index (κ2) is 8.22. The number of hydrogen-bond acceptors (Lipinski definition) is 4. The highest BCUT2D eigenvalue weighted by Gasteiger charge is 2.16. The minimum absolute atomic E-state index is 0.143. The van der Waals surface area contributed by atoms with E-state index in [2.05, 4.69) is 26.0 Å². The van der Waals surface area contributed by atoms with Crippen LogP contribution in [0.15, 0.2) is 24.5 Å². The zero-order chi connectivity index (χ0) is 18.4. The lowest BCUT2D eigenvalue weighted by Crippen LogP contribution is -2.33. The van der Waals surface area contributed by atoms with Crippen molar-refractivity contribution in [2.45, 2.75) is 32.9 Å². The smallest absolute Gasteiger partial charge is 0.319 e. The summed E-state index contributed by atoms with van der Waals surface area (Å²) < 4.78 is 15.4. The fourth-order valence-electron chi connectivity index (χ4n) is 2.33. The summed E-state index contributed by atoms with van der Waals surface area (Å²) in [5.41, 5.74) is 0.163. The van der Waals surface area contributed by atoms with Gasteiger partial charge in [0.1, 0.15) is 18.0 Å². The Kier molecular flexibility index (Phi) is 6.04. The lowest BCUT2D eigenvalue weighted by molar-refractivity contribution is 0.0959. The largest absolute Gasteiger partial charge is 0.355 e. The normalized spacial score (nSPS) is 11.7. The van der Waals surface area contributed by atoms with Crippen LogP contribution in [0.4, 0.5) is 14.9 Å². The fourth-order valence-corrected chi connectivity index (χ4v) is 2.33. The second-order valence-corrected chi connectivity index (χ2v) is 5.44. The number of nitrogens with zero attached hydrogens (tertiary/aromatic N) is 3. The number of amides is 3. The third-order valence-electron chi connectivity index (χ3n) is 3.51. The maximum atomic E-state index is 13.7. The summed E-state index contributed by atoms with van der Waals surface area (Å²) in [5, 5.41) is 11.8. The van der Waals surface area contributed by atoms with Gasteiger partial charge in [0.2, 0.25) is 0 Å². The van der Waals surface area contributed by atoms with Gasteiger partial charge in [0.15, 0.2) is 0 Å². The highest BCUT2D eigenvalue weighted by Crippen LogP contribution is 2.15. The summed E-state index contributed by atoms with van der Waals surface area (Å²) in [6.07, 6.45) is 2.34. The molecule has 8 nitrogen and oxygen atoms in total. The predicted octanol–water partition coefficient (Wildman–Crippen LogP) is 2.07. The van der Waals surface area contributed by atoms with Gasteiger partial charge in [0.25, 0.3) is 5.91 Å². The van der Waals surface area contributed by atoms with E-state index >= 15 is 0 Å². The van der Waals surface area contributed by atoms with Gasteiger partial charge in [0.05, 0.1) is 11.6 Å². The Morgan fingerprint density at radius 2 is 2.12 bits per heavy atom. The molecule has 1 aromatic carbocycles. The average molecular weight is 348 g/mol. The zero-order valence-corrected chi connectivity index (χ0v) is 14.3. The van der Waals surface area contributed by atoms with Crippen LogP contribution in [0.3, 0.4) is 0 Å². The molecule has 0 unspecified atom stereocenters. The van der Waals surface area contributed by atoms with Gasteiger partial charge in [-0.15, -0.1) is 0 Å². The summed E-state index contributed by atoms with van der Waals surface area (Å²) in [7, 11) is 1.41. The molecule has 0 saturated carbocycles. The van der Waals surface area contributed by atoms with Gasteiger partial charge < -0.3 is 16.0 Å². The number of rotatable bonds is 6. The molecule has 2 rings (SSSR count). The van der Waals surface area contributed by atoms with E-state index in [1.54, 1.807) is 11.6 Å². The molecule has 3 N–H and O–H groups in total. The van der Waals surface area contributed by atoms with Crippen LogP contribution in [-0.4, -0.2) is 33.8 Å². The molecular formula is C16H21FN6O2. The summed E-state index contributed by atoms with van der Waals surface area (Å²) in [6, 6.07) is 2.92. The molecule has 0 spiro atoms. The molecule has 25 heavy (non-hydrogen) atoms. The molecule has 1 heterocycles. The van der Waals surface area contributed by atoms with Crippen LogP contribution in [0, 0.1) is 5.82 Å². The molecule has 0 fully saturated rings. The van der Waals surface area contributed by atoms with E-state index in [-0.39, 0.29) is 11.6 Å². The standard InChI is InChI=1S/C16H21FN6O2/c1-4-7-23-14(19-9-20-23)10(2)21-16(25)22-11-5-6-13(17)12(8-11)15(24)18-3/h5-6,8-10H,4,7H2,1-3H3,(H,18,24)(H2,21,22,25)/t10-/m0/s1. The first kappa shape index (κ1) is 18.4. The molecule has 3 amide bonds. The number of halogens is 1. The van der Waals surface area contributed by atoms with E-state index < -0.39 is 17.8 Å². The van der Waals surface area contributed by atoms with Crippen LogP contribution >= 0.6 is 0 Å². The number of urea groups is 1. The first-order chi connectivity index (χ1) is 12.0. The van der Waals surface area contributed by atoms with Crippen LogP contribution in [0.1, 0.15) is 42.5 Å². The third-order valence-corrected chi connectivity index (χ3v) is 3.51. The molecule has 0 aliphatic carbocycles. The monoisotopic (exact) mass is 348 g/mol. The number of anilines is 1. The highest BCUT2D eigenvalue weighted by atomic mass is 19.1. The van der Waals surface area contributed by atoms with Crippen molar-refractivity contribution >= 4 is 17.6 Å². The summed E-state index contributed by atoms with van der Waals surface area (Å²) in [4.78, 5) is 27.9. The van der Waals surface area contributed by atoms with Crippen LogP contribution in [-0.2, 0) is 6.54 Å². The van der Waals surface area contributed by atoms with E-state index in [1.807, 2.05) is 6.92 Å². The van der Waals surface area contributed by atoms with Crippen LogP contribution in [0.5, 0.6) is 0 Å². The first-order valence-electron chi connectivity index (χ1n) is 7.93. The minimum Gasteiger partial charge on any atom is -0.355 e. The zero-order valence-electron chi connectivity index (χ0n) is 14.3. The Bertz CT molecular complexity index is 761. The molecule has 0 aliphatic rings. The van der Waals surface area contributed by atoms with Crippen molar-refractivity contribution in [2.75, 3.05) is 12.4 Å². The van der Waals surface area contributed by atoms with Crippen molar-refractivity contribution in [1.82, 2.24) is 25.4 Å². The molecule has 2 aromatic rings. The number of nitrogens with one attached hydrogen (secondary N) is 3. The number of benzene rings is 1. The number of carbonyl (C=O) groups excluding carboxylic acids is 2. The van der Waals surface area contributed by atoms with Gasteiger partial charge in [-0.3, -0.25) is 4.79 Å². The Hall–Kier alpha value is -2.97. The fraction of sp³-hybridized carbons (Fsp3) is 0.375. The van der Waals surface area contributed by atoms with Crippen molar-refractivity contribution in [1.29, 1.82) is 0 Å². The van der Waals surface area contributed by atoms with Crippen molar-refractivity contribution in [3.63, 3.8) is 0 Å². The molecular weight excluding hydrogens is 327 g/mol. The predicted molar refractivity (Wildman–Crippen MR) is 90.7 cm³/mol. The number of hydrogen-bond donors (Lipinski definition) is 3. The van der Waals surface area contributed by atoms with E-state index in [0.717, 1.165) is 12.5 Å². The van der Waals surface area contributed by atoms with Crippen molar-refractivity contribution in [3.8, 4) is 0 Å². The summed E-state index contributed by atoms with van der Waals surface area (Å²) in [5.74, 6) is -0.587. The Labute approximate surface area is 144 Å². The SMILES string of the molecule is CCCn1ncnc1[C@H](C)NC(=O)Nc1ccc(F)c(C(=O)NC)c1. The van der Waals surface area contributed by atoms with Crippen molar-refractivity contribution in [3.05, 3.63) is 41.7 Å². The summed E-state index contributed by atoms with van der Waals surface area (Å²) in [6.45, 7) is 4.52. The van der Waals surface area contributed by atoms with Crippen molar-refractivity contribution < 1.29 is 14.0 Å². The van der Waals surface area contributed by atoms with Crippen LogP contribution in [0.2, 0.25) is 0 Å². The maximum absolute atomic E-state index is 13.7. The van der Waals surface area contributed by atoms with Gasteiger partial charge in [-0.05, 0) is 31.5 Å². The van der Waals surface area contributed by atoms with Crippen LogP contribution < -0.4 is 16.0 Å². The van der Waals surface area contributed by atoms with Crippen molar-refractivity contribution in [2.24, 2.45) is 0 Å². The van der Waals surface area contributed by atoms with Gasteiger partial charge in [-0.1, -0.05) is 6.92 Å². The molecule has 0 radical (unpaired) electrons. The minimum atomic E-state index is -0.661.